The van der Waals surface area contributed by atoms with Gasteiger partial charge in [0, 0.05) is 25.7 Å². The zero-order chi connectivity index (χ0) is 12.4. The van der Waals surface area contributed by atoms with E-state index in [1.165, 1.54) is 0 Å². The minimum Gasteiger partial charge on any atom is -0.373 e. The fourth-order valence-corrected chi connectivity index (χ4v) is 2.59. The third-order valence-electron chi connectivity index (χ3n) is 3.73. The molecule has 0 aromatic rings. The van der Waals surface area contributed by atoms with Crippen molar-refractivity contribution in [3.05, 3.63) is 0 Å². The predicted molar refractivity (Wildman–Crippen MR) is 65.6 cm³/mol. The summed E-state index contributed by atoms with van der Waals surface area (Å²) in [6.07, 6.45) is 0.974. The Balaban J connectivity index is 1.90. The van der Waals surface area contributed by atoms with E-state index in [1.807, 2.05) is 11.8 Å². The minimum atomic E-state index is -0.0168. The van der Waals surface area contributed by atoms with Crippen LogP contribution in [0, 0.1) is 5.92 Å². The lowest BCUT2D eigenvalue weighted by atomic mass is 10.1. The number of nitrogens with zero attached hydrogens (tertiary/aromatic N) is 2. The first-order valence-corrected chi connectivity index (χ1v) is 6.42. The van der Waals surface area contributed by atoms with Crippen LogP contribution >= 0.6 is 0 Å². The van der Waals surface area contributed by atoms with Gasteiger partial charge in [-0.05, 0) is 26.9 Å². The number of amides is 1. The van der Waals surface area contributed by atoms with Crippen LogP contribution in [0.25, 0.3) is 0 Å². The quantitative estimate of drug-likeness (QED) is 0.709. The lowest BCUT2D eigenvalue weighted by molar-refractivity contribution is -0.143. The van der Waals surface area contributed by atoms with Crippen LogP contribution < -0.4 is 5.73 Å². The van der Waals surface area contributed by atoms with Crippen molar-refractivity contribution in [1.82, 2.24) is 9.80 Å². The molecule has 2 rings (SSSR count). The Hall–Kier alpha value is -0.650. The van der Waals surface area contributed by atoms with E-state index < -0.39 is 0 Å². The Kier molecular flexibility index (Phi) is 4.01. The maximum absolute atomic E-state index is 12.3. The molecule has 2 fully saturated rings. The van der Waals surface area contributed by atoms with Gasteiger partial charge in [-0.2, -0.15) is 0 Å². The van der Waals surface area contributed by atoms with Crippen LogP contribution in [0.3, 0.4) is 0 Å². The summed E-state index contributed by atoms with van der Waals surface area (Å²) in [5.74, 6) is 0.454. The Labute approximate surface area is 103 Å². The van der Waals surface area contributed by atoms with E-state index in [-0.39, 0.29) is 24.0 Å². The van der Waals surface area contributed by atoms with Gasteiger partial charge in [-0.25, -0.2) is 0 Å². The van der Waals surface area contributed by atoms with Gasteiger partial charge in [-0.1, -0.05) is 0 Å². The SMILES string of the molecule is CC(N)C1CN(C(=O)C2CCN(C)C2)CCO1. The molecule has 17 heavy (non-hydrogen) atoms. The highest BCUT2D eigenvalue weighted by Crippen LogP contribution is 2.19. The van der Waals surface area contributed by atoms with Gasteiger partial charge < -0.3 is 20.3 Å². The van der Waals surface area contributed by atoms with Crippen molar-refractivity contribution in [2.24, 2.45) is 11.7 Å². The second-order valence-electron chi connectivity index (χ2n) is 5.30. The molecule has 1 amide bonds. The normalized spacial score (nSPS) is 32.8. The van der Waals surface area contributed by atoms with Gasteiger partial charge in [0.15, 0.2) is 0 Å². The highest BCUT2D eigenvalue weighted by molar-refractivity contribution is 5.79. The van der Waals surface area contributed by atoms with Gasteiger partial charge in [-0.3, -0.25) is 4.79 Å². The van der Waals surface area contributed by atoms with E-state index in [2.05, 4.69) is 11.9 Å². The Morgan fingerprint density at radius 2 is 2.18 bits per heavy atom. The van der Waals surface area contributed by atoms with Crippen molar-refractivity contribution in [2.45, 2.75) is 25.5 Å². The van der Waals surface area contributed by atoms with Gasteiger partial charge in [0.25, 0.3) is 0 Å². The molecule has 0 aromatic carbocycles. The summed E-state index contributed by atoms with van der Waals surface area (Å²) < 4.78 is 5.57. The smallest absolute Gasteiger partial charge is 0.227 e. The molecule has 2 N–H and O–H groups in total. The van der Waals surface area contributed by atoms with E-state index in [0.717, 1.165) is 19.5 Å². The average Bonchev–Trinajstić information content (AvgIpc) is 2.75. The molecule has 2 aliphatic rings. The van der Waals surface area contributed by atoms with Crippen LogP contribution in [0.5, 0.6) is 0 Å². The first-order chi connectivity index (χ1) is 8.08. The summed E-state index contributed by atoms with van der Waals surface area (Å²) >= 11 is 0. The number of likely N-dealkylation sites (tertiary alicyclic amines) is 1. The molecule has 2 saturated heterocycles. The number of hydrogen-bond acceptors (Lipinski definition) is 4. The van der Waals surface area contributed by atoms with Crippen molar-refractivity contribution < 1.29 is 9.53 Å². The zero-order valence-corrected chi connectivity index (χ0v) is 10.8. The molecule has 2 aliphatic heterocycles. The summed E-state index contributed by atoms with van der Waals surface area (Å²) in [4.78, 5) is 16.5. The lowest BCUT2D eigenvalue weighted by Crippen LogP contribution is -2.52. The van der Waals surface area contributed by atoms with E-state index in [0.29, 0.717) is 19.7 Å². The van der Waals surface area contributed by atoms with Gasteiger partial charge >= 0.3 is 0 Å². The Bertz CT molecular complexity index is 283. The predicted octanol–water partition coefficient (Wildman–Crippen LogP) is -0.487. The maximum Gasteiger partial charge on any atom is 0.227 e. The molecular weight excluding hydrogens is 218 g/mol. The molecular formula is C12H23N3O2. The van der Waals surface area contributed by atoms with Crippen LogP contribution in [-0.4, -0.2) is 67.7 Å². The Morgan fingerprint density at radius 3 is 2.76 bits per heavy atom. The number of carbonyl (C=O) groups excluding carboxylic acids is 1. The third kappa shape index (κ3) is 2.97. The van der Waals surface area contributed by atoms with Gasteiger partial charge in [-0.15, -0.1) is 0 Å². The van der Waals surface area contributed by atoms with Crippen LogP contribution in [0.4, 0.5) is 0 Å². The number of hydrogen-bond donors (Lipinski definition) is 1. The van der Waals surface area contributed by atoms with Crippen LogP contribution in [-0.2, 0) is 9.53 Å². The lowest BCUT2D eigenvalue weighted by Gasteiger charge is -2.36. The van der Waals surface area contributed by atoms with Crippen molar-refractivity contribution in [3.8, 4) is 0 Å². The number of morpholine rings is 1. The third-order valence-corrected chi connectivity index (χ3v) is 3.73. The van der Waals surface area contributed by atoms with E-state index in [1.54, 1.807) is 0 Å². The summed E-state index contributed by atoms with van der Waals surface area (Å²) in [6, 6.07) is -0.0168. The number of carbonyl (C=O) groups is 1. The second-order valence-corrected chi connectivity index (χ2v) is 5.30. The molecule has 2 heterocycles. The Morgan fingerprint density at radius 1 is 1.41 bits per heavy atom. The second kappa shape index (κ2) is 5.33. The fraction of sp³-hybridized carbons (Fsp3) is 0.917. The van der Waals surface area contributed by atoms with Crippen molar-refractivity contribution in [2.75, 3.05) is 39.8 Å². The molecule has 3 atom stereocenters. The van der Waals surface area contributed by atoms with Gasteiger partial charge in [0.1, 0.15) is 0 Å². The standard InChI is InChI=1S/C12H23N3O2/c1-9(13)11-8-15(5-6-17-11)12(16)10-3-4-14(2)7-10/h9-11H,3-8,13H2,1-2H3. The highest BCUT2D eigenvalue weighted by Gasteiger charge is 2.33. The molecule has 5 heteroatoms. The average molecular weight is 241 g/mol. The molecule has 0 spiro atoms. The first-order valence-electron chi connectivity index (χ1n) is 6.42. The minimum absolute atomic E-state index is 0.00756. The molecule has 0 saturated carbocycles. The molecule has 5 nitrogen and oxygen atoms in total. The molecule has 98 valence electrons. The van der Waals surface area contributed by atoms with Crippen molar-refractivity contribution >= 4 is 5.91 Å². The van der Waals surface area contributed by atoms with Gasteiger partial charge in [0.2, 0.25) is 5.91 Å². The van der Waals surface area contributed by atoms with E-state index in [4.69, 9.17) is 10.5 Å². The molecule has 3 unspecified atom stereocenters. The highest BCUT2D eigenvalue weighted by atomic mass is 16.5. The summed E-state index contributed by atoms with van der Waals surface area (Å²) in [5, 5.41) is 0. The molecule has 0 aliphatic carbocycles. The fourth-order valence-electron chi connectivity index (χ4n) is 2.59. The van der Waals surface area contributed by atoms with Crippen LogP contribution in [0.15, 0.2) is 0 Å². The summed E-state index contributed by atoms with van der Waals surface area (Å²) in [5.41, 5.74) is 5.83. The van der Waals surface area contributed by atoms with Crippen LogP contribution in [0.1, 0.15) is 13.3 Å². The molecule has 0 bridgehead atoms. The van der Waals surface area contributed by atoms with Gasteiger partial charge in [0.05, 0.1) is 18.6 Å². The van der Waals surface area contributed by atoms with Crippen molar-refractivity contribution in [3.63, 3.8) is 0 Å². The van der Waals surface area contributed by atoms with Crippen molar-refractivity contribution in [1.29, 1.82) is 0 Å². The topological polar surface area (TPSA) is 58.8 Å². The summed E-state index contributed by atoms with van der Waals surface area (Å²) in [7, 11) is 2.07. The number of rotatable bonds is 2. The van der Waals surface area contributed by atoms with E-state index in [9.17, 15) is 4.79 Å². The molecule has 0 aromatic heterocycles. The number of ether oxygens (including phenoxy) is 1. The zero-order valence-electron chi connectivity index (χ0n) is 10.8. The maximum atomic E-state index is 12.3. The molecule has 0 radical (unpaired) electrons. The number of nitrogens with two attached hydrogens (primary N) is 1. The van der Waals surface area contributed by atoms with E-state index >= 15 is 0 Å². The first kappa shape index (κ1) is 12.8. The van der Waals surface area contributed by atoms with Crippen LogP contribution in [0.2, 0.25) is 0 Å². The summed E-state index contributed by atoms with van der Waals surface area (Å²) in [6.45, 7) is 5.82. The largest absolute Gasteiger partial charge is 0.373 e. The monoisotopic (exact) mass is 241 g/mol.